The number of fused-ring (bicyclic) bond motifs is 1. The number of rotatable bonds is 5. The largest absolute Gasteiger partial charge is 0.490 e. The molecule has 1 aliphatic heterocycles. The monoisotopic (exact) mass is 264 g/mol. The molecule has 0 radical (unpaired) electrons. The van der Waals surface area contributed by atoms with E-state index in [2.05, 4.69) is 12.1 Å². The zero-order valence-electron chi connectivity index (χ0n) is 11.9. The van der Waals surface area contributed by atoms with E-state index in [1.54, 1.807) is 0 Å². The van der Waals surface area contributed by atoms with Gasteiger partial charge in [-0.05, 0) is 50.8 Å². The average Bonchev–Trinajstić information content (AvgIpc) is 2.58. The van der Waals surface area contributed by atoms with Crippen molar-refractivity contribution in [2.75, 3.05) is 13.2 Å². The molecule has 1 aromatic carbocycles. The molecule has 0 aliphatic carbocycles. The lowest BCUT2D eigenvalue weighted by molar-refractivity contribution is 0.0682. The molecule has 106 valence electrons. The van der Waals surface area contributed by atoms with E-state index in [1.165, 1.54) is 5.56 Å². The van der Waals surface area contributed by atoms with Crippen LogP contribution >= 0.6 is 0 Å². The third-order valence-corrected chi connectivity index (χ3v) is 3.32. The van der Waals surface area contributed by atoms with Crippen molar-refractivity contribution in [3.05, 3.63) is 23.8 Å². The van der Waals surface area contributed by atoms with E-state index in [0.717, 1.165) is 56.8 Å². The molecule has 0 aromatic heterocycles. The fraction of sp³-hybridized carbons (Fsp3) is 0.625. The zero-order valence-corrected chi connectivity index (χ0v) is 11.9. The van der Waals surface area contributed by atoms with Crippen LogP contribution in [0.1, 0.15) is 45.1 Å². The summed E-state index contributed by atoms with van der Waals surface area (Å²) in [6.45, 7) is 5.19. The Labute approximate surface area is 115 Å². The molecule has 0 saturated heterocycles. The molecule has 0 fully saturated rings. The van der Waals surface area contributed by atoms with Crippen LogP contribution in [0.2, 0.25) is 0 Å². The molecule has 0 spiro atoms. The Hall–Kier alpha value is -1.22. The van der Waals surface area contributed by atoms with Crippen LogP contribution in [0.4, 0.5) is 0 Å². The lowest BCUT2D eigenvalue weighted by atomic mass is 9.99. The van der Waals surface area contributed by atoms with Crippen LogP contribution in [-0.2, 0) is 6.42 Å². The summed E-state index contributed by atoms with van der Waals surface area (Å²) in [5.74, 6) is 1.73. The minimum Gasteiger partial charge on any atom is -0.490 e. The lowest BCUT2D eigenvalue weighted by Gasteiger charge is -2.16. The average molecular weight is 264 g/mol. The van der Waals surface area contributed by atoms with Crippen LogP contribution in [0.25, 0.3) is 0 Å². The number of benzene rings is 1. The van der Waals surface area contributed by atoms with Gasteiger partial charge in [-0.15, -0.1) is 0 Å². The maximum absolute atomic E-state index is 9.67. The predicted molar refractivity (Wildman–Crippen MR) is 75.9 cm³/mol. The van der Waals surface area contributed by atoms with Crippen LogP contribution in [0.15, 0.2) is 18.2 Å². The van der Waals surface area contributed by atoms with Gasteiger partial charge in [0.2, 0.25) is 0 Å². The van der Waals surface area contributed by atoms with E-state index in [-0.39, 0.29) is 0 Å². The van der Waals surface area contributed by atoms with Crippen LogP contribution in [0.5, 0.6) is 11.5 Å². The van der Waals surface area contributed by atoms with Crippen LogP contribution in [0.3, 0.4) is 0 Å². The Bertz CT molecular complexity index is 407. The van der Waals surface area contributed by atoms with Crippen molar-refractivity contribution in [2.24, 2.45) is 0 Å². The summed E-state index contributed by atoms with van der Waals surface area (Å²) in [6, 6.07) is 6.20. The van der Waals surface area contributed by atoms with Crippen molar-refractivity contribution in [3.63, 3.8) is 0 Å². The fourth-order valence-electron chi connectivity index (χ4n) is 2.25. The molecule has 0 atom stereocenters. The van der Waals surface area contributed by atoms with E-state index in [1.807, 2.05) is 19.9 Å². The Kier molecular flexibility index (Phi) is 4.70. The summed E-state index contributed by atoms with van der Waals surface area (Å²) in [4.78, 5) is 0. The molecule has 0 unspecified atom stereocenters. The number of hydrogen-bond acceptors (Lipinski definition) is 3. The first-order valence-corrected chi connectivity index (χ1v) is 7.15. The molecular formula is C16H24O3. The van der Waals surface area contributed by atoms with Crippen molar-refractivity contribution in [1.29, 1.82) is 0 Å². The maximum Gasteiger partial charge on any atom is 0.161 e. The van der Waals surface area contributed by atoms with Gasteiger partial charge in [-0.1, -0.05) is 12.5 Å². The number of unbranched alkanes of at least 4 members (excludes halogenated alkanes) is 1. The molecule has 2 rings (SSSR count). The summed E-state index contributed by atoms with van der Waals surface area (Å²) in [5, 5.41) is 9.67. The Balaban J connectivity index is 1.86. The maximum atomic E-state index is 9.67. The van der Waals surface area contributed by atoms with Crippen molar-refractivity contribution in [1.82, 2.24) is 0 Å². The Morgan fingerprint density at radius 2 is 1.84 bits per heavy atom. The molecule has 1 aliphatic rings. The normalized spacial score (nSPS) is 15.1. The molecule has 1 N–H and O–H groups in total. The molecule has 0 saturated carbocycles. The molecule has 3 heteroatoms. The lowest BCUT2D eigenvalue weighted by Crippen LogP contribution is -2.17. The minimum absolute atomic E-state index is 0.551. The zero-order chi connectivity index (χ0) is 13.7. The van der Waals surface area contributed by atoms with Crippen molar-refractivity contribution in [3.8, 4) is 11.5 Å². The number of aryl methyl sites for hydroxylation is 1. The molecule has 1 aromatic rings. The SMILES string of the molecule is CC(C)(O)CCCCc1ccc2c(c1)OCCCO2. The third-order valence-electron chi connectivity index (χ3n) is 3.32. The van der Waals surface area contributed by atoms with Gasteiger partial charge >= 0.3 is 0 Å². The van der Waals surface area contributed by atoms with Gasteiger partial charge in [0.05, 0.1) is 18.8 Å². The molecule has 0 bridgehead atoms. The van der Waals surface area contributed by atoms with Crippen molar-refractivity contribution in [2.45, 2.75) is 51.6 Å². The first kappa shape index (κ1) is 14.2. The number of ether oxygens (including phenoxy) is 2. The Morgan fingerprint density at radius 3 is 2.58 bits per heavy atom. The highest BCUT2D eigenvalue weighted by Gasteiger charge is 2.12. The van der Waals surface area contributed by atoms with Gasteiger partial charge < -0.3 is 14.6 Å². The van der Waals surface area contributed by atoms with E-state index in [4.69, 9.17) is 9.47 Å². The number of hydrogen-bond donors (Lipinski definition) is 1. The molecule has 1 heterocycles. The van der Waals surface area contributed by atoms with Crippen molar-refractivity contribution >= 4 is 0 Å². The van der Waals surface area contributed by atoms with Gasteiger partial charge in [0.25, 0.3) is 0 Å². The smallest absolute Gasteiger partial charge is 0.161 e. The Morgan fingerprint density at radius 1 is 1.11 bits per heavy atom. The highest BCUT2D eigenvalue weighted by atomic mass is 16.5. The molecule has 3 nitrogen and oxygen atoms in total. The first-order valence-electron chi connectivity index (χ1n) is 7.15. The van der Waals surface area contributed by atoms with Gasteiger partial charge in [0.15, 0.2) is 11.5 Å². The highest BCUT2D eigenvalue weighted by molar-refractivity contribution is 5.43. The fourth-order valence-corrected chi connectivity index (χ4v) is 2.25. The molecule has 19 heavy (non-hydrogen) atoms. The topological polar surface area (TPSA) is 38.7 Å². The summed E-state index contributed by atoms with van der Waals surface area (Å²) in [7, 11) is 0. The van der Waals surface area contributed by atoms with Gasteiger partial charge in [-0.3, -0.25) is 0 Å². The van der Waals surface area contributed by atoms with E-state index < -0.39 is 5.60 Å². The second kappa shape index (κ2) is 6.29. The van der Waals surface area contributed by atoms with Gasteiger partial charge in [0, 0.05) is 6.42 Å². The molecular weight excluding hydrogens is 240 g/mol. The second-order valence-electron chi connectivity index (χ2n) is 5.85. The van der Waals surface area contributed by atoms with Gasteiger partial charge in [0.1, 0.15) is 0 Å². The summed E-state index contributed by atoms with van der Waals surface area (Å²) < 4.78 is 11.3. The minimum atomic E-state index is -0.551. The first-order chi connectivity index (χ1) is 9.04. The summed E-state index contributed by atoms with van der Waals surface area (Å²) in [6.07, 6.45) is 4.93. The van der Waals surface area contributed by atoms with Crippen LogP contribution in [0, 0.1) is 0 Å². The van der Waals surface area contributed by atoms with E-state index in [0.29, 0.717) is 0 Å². The predicted octanol–water partition coefficient (Wildman–Crippen LogP) is 3.33. The van der Waals surface area contributed by atoms with Gasteiger partial charge in [-0.2, -0.15) is 0 Å². The second-order valence-corrected chi connectivity index (χ2v) is 5.85. The quantitative estimate of drug-likeness (QED) is 0.829. The summed E-state index contributed by atoms with van der Waals surface area (Å²) >= 11 is 0. The number of aliphatic hydroxyl groups is 1. The standard InChI is InChI=1S/C16H24O3/c1-16(2,17)9-4-3-6-13-7-8-14-15(12-13)19-11-5-10-18-14/h7-8,12,17H,3-6,9-11H2,1-2H3. The summed E-state index contributed by atoms with van der Waals surface area (Å²) in [5.41, 5.74) is 0.727. The van der Waals surface area contributed by atoms with E-state index in [9.17, 15) is 5.11 Å². The van der Waals surface area contributed by atoms with Gasteiger partial charge in [-0.25, -0.2) is 0 Å². The van der Waals surface area contributed by atoms with E-state index >= 15 is 0 Å². The van der Waals surface area contributed by atoms with Crippen LogP contribution in [-0.4, -0.2) is 23.9 Å². The highest BCUT2D eigenvalue weighted by Crippen LogP contribution is 2.31. The van der Waals surface area contributed by atoms with Crippen molar-refractivity contribution < 1.29 is 14.6 Å². The van der Waals surface area contributed by atoms with Crippen LogP contribution < -0.4 is 9.47 Å². The molecule has 0 amide bonds. The third kappa shape index (κ3) is 4.75.